The number of anilines is 1. The van der Waals surface area contributed by atoms with Gasteiger partial charge in [0.05, 0.1) is 18.3 Å². The van der Waals surface area contributed by atoms with Crippen molar-refractivity contribution in [2.75, 3.05) is 18.6 Å². The zero-order chi connectivity index (χ0) is 21.5. The van der Waals surface area contributed by atoms with Crippen LogP contribution in [-0.4, -0.2) is 24.3 Å². The largest absolute Gasteiger partial charge is 0.376 e. The minimum atomic E-state index is 0.0404. The molecule has 2 aliphatic rings. The molecule has 0 spiro atoms. The van der Waals surface area contributed by atoms with Gasteiger partial charge in [0.1, 0.15) is 21.3 Å². The molecule has 3 aromatic rings. The summed E-state index contributed by atoms with van der Waals surface area (Å²) < 4.78 is 11.5. The smallest absolute Gasteiger partial charge is 0.271 e. The second kappa shape index (κ2) is 8.47. The Morgan fingerprint density at radius 2 is 2.19 bits per heavy atom. The molecule has 1 atom stereocenters. The van der Waals surface area contributed by atoms with Crippen LogP contribution in [0.2, 0.25) is 5.02 Å². The van der Waals surface area contributed by atoms with E-state index in [4.69, 9.17) is 16.3 Å². The Morgan fingerprint density at radius 1 is 1.32 bits per heavy atom. The Balaban J connectivity index is 1.69. The van der Waals surface area contributed by atoms with Gasteiger partial charge in [0.2, 0.25) is 5.69 Å². The highest BCUT2D eigenvalue weighted by Gasteiger charge is 2.26. The number of fused-ring (bicyclic) bond motifs is 1. The van der Waals surface area contributed by atoms with Crippen molar-refractivity contribution < 1.29 is 9.30 Å². The lowest BCUT2D eigenvalue weighted by Gasteiger charge is -2.12. The molecular formula is C23H23ClN3O2S2+. The molecule has 1 saturated heterocycles. The van der Waals surface area contributed by atoms with Crippen LogP contribution in [0.5, 0.6) is 0 Å². The predicted octanol–water partition coefficient (Wildman–Crippen LogP) is 2.70. The van der Waals surface area contributed by atoms with E-state index < -0.39 is 0 Å². The van der Waals surface area contributed by atoms with Gasteiger partial charge in [-0.15, -0.1) is 11.3 Å². The van der Waals surface area contributed by atoms with Gasteiger partial charge in [-0.05, 0) is 37.1 Å². The molecule has 0 N–H and O–H groups in total. The van der Waals surface area contributed by atoms with Crippen LogP contribution in [0, 0.1) is 0 Å². The normalized spacial score (nSPS) is 20.5. The predicted molar refractivity (Wildman–Crippen MR) is 127 cm³/mol. The van der Waals surface area contributed by atoms with Gasteiger partial charge >= 0.3 is 0 Å². The second-order valence-electron chi connectivity index (χ2n) is 7.78. The molecule has 0 amide bonds. The quantitative estimate of drug-likeness (QED) is 0.549. The average molecular weight is 473 g/mol. The van der Waals surface area contributed by atoms with Crippen LogP contribution in [0.25, 0.3) is 11.1 Å². The monoisotopic (exact) mass is 472 g/mol. The maximum atomic E-state index is 13.6. The van der Waals surface area contributed by atoms with Crippen molar-refractivity contribution in [2.45, 2.75) is 30.4 Å². The van der Waals surface area contributed by atoms with Crippen LogP contribution in [0.1, 0.15) is 18.5 Å². The zero-order valence-electron chi connectivity index (χ0n) is 17.4. The molecule has 160 valence electrons. The van der Waals surface area contributed by atoms with E-state index in [1.807, 2.05) is 55.2 Å². The number of hydrogen-bond donors (Lipinski definition) is 0. The molecule has 0 aliphatic carbocycles. The third-order valence-corrected chi connectivity index (χ3v) is 8.40. The molecule has 4 heterocycles. The number of pyridine rings is 1. The molecule has 1 unspecified atom stereocenters. The molecule has 5 rings (SSSR count). The maximum Gasteiger partial charge on any atom is 0.271 e. The van der Waals surface area contributed by atoms with Crippen LogP contribution < -0.4 is 24.2 Å². The van der Waals surface area contributed by atoms with Crippen molar-refractivity contribution in [3.8, 4) is 0 Å². The van der Waals surface area contributed by atoms with Gasteiger partial charge in [-0.2, -0.15) is 0 Å². The van der Waals surface area contributed by atoms with Crippen molar-refractivity contribution in [1.29, 1.82) is 0 Å². The van der Waals surface area contributed by atoms with Crippen molar-refractivity contribution >= 4 is 51.5 Å². The van der Waals surface area contributed by atoms with Crippen molar-refractivity contribution in [1.82, 2.24) is 4.57 Å². The SMILES string of the molecule is CN1/C(=c2/s/c(=C/c3cccc[n+]3C)n(CC3CCCO3)c2=O)Sc2ccc(Cl)cc21. The first-order chi connectivity index (χ1) is 15.0. The lowest BCUT2D eigenvalue weighted by atomic mass is 10.2. The standard InChI is InChI=1S/C23H23ClN3O2S2/c1-25-10-4-3-6-16(25)13-20-27(14-17-7-5-11-29-17)22(28)21(31-20)23-26(2)18-12-15(24)8-9-19(18)30-23/h3-4,6,8-10,12-13,17H,5,7,11,14H2,1-2H3/q+1/b23-21-. The molecular weight excluding hydrogens is 450 g/mol. The summed E-state index contributed by atoms with van der Waals surface area (Å²) in [5, 5.41) is 1.64. The summed E-state index contributed by atoms with van der Waals surface area (Å²) >= 11 is 9.38. The van der Waals surface area contributed by atoms with Crippen LogP contribution in [-0.2, 0) is 18.3 Å². The van der Waals surface area contributed by atoms with Gasteiger partial charge in [-0.3, -0.25) is 9.36 Å². The van der Waals surface area contributed by atoms with Gasteiger partial charge < -0.3 is 9.64 Å². The fourth-order valence-corrected chi connectivity index (χ4v) is 6.52. The summed E-state index contributed by atoms with van der Waals surface area (Å²) in [7, 11) is 4.01. The number of thioether (sulfide) groups is 1. The average Bonchev–Trinajstić information content (AvgIpc) is 3.45. The summed E-state index contributed by atoms with van der Waals surface area (Å²) in [5.74, 6) is 0. The van der Waals surface area contributed by atoms with Crippen molar-refractivity contribution in [3.05, 3.63) is 72.9 Å². The molecule has 1 fully saturated rings. The number of rotatable bonds is 3. The maximum absolute atomic E-state index is 13.6. The first kappa shape index (κ1) is 20.8. The van der Waals surface area contributed by atoms with E-state index in [2.05, 4.69) is 21.6 Å². The Morgan fingerprint density at radius 3 is 2.97 bits per heavy atom. The topological polar surface area (TPSA) is 38.4 Å². The molecule has 0 saturated carbocycles. The molecule has 5 nitrogen and oxygen atoms in total. The third kappa shape index (κ3) is 3.96. The van der Waals surface area contributed by atoms with E-state index in [1.54, 1.807) is 23.1 Å². The van der Waals surface area contributed by atoms with E-state index in [0.717, 1.165) is 49.9 Å². The highest BCUT2D eigenvalue weighted by atomic mass is 35.5. The lowest BCUT2D eigenvalue weighted by molar-refractivity contribution is -0.673. The highest BCUT2D eigenvalue weighted by Crippen LogP contribution is 2.46. The summed E-state index contributed by atoms with van der Waals surface area (Å²) in [4.78, 5) is 16.8. The number of aryl methyl sites for hydroxylation is 1. The number of aromatic nitrogens is 2. The Bertz CT molecular complexity index is 1330. The first-order valence-electron chi connectivity index (χ1n) is 10.2. The fraction of sp³-hybridized carbons (Fsp3) is 0.304. The van der Waals surface area contributed by atoms with Gasteiger partial charge in [0.15, 0.2) is 6.20 Å². The number of halogens is 1. The molecule has 8 heteroatoms. The zero-order valence-corrected chi connectivity index (χ0v) is 19.8. The fourth-order valence-electron chi connectivity index (χ4n) is 3.97. The molecule has 1 aromatic carbocycles. The number of hydrogen-bond acceptors (Lipinski definition) is 5. The van der Waals surface area contributed by atoms with Gasteiger partial charge in [0.25, 0.3) is 5.56 Å². The van der Waals surface area contributed by atoms with Crippen LogP contribution in [0.4, 0.5) is 5.69 Å². The Labute approximate surface area is 193 Å². The second-order valence-corrected chi connectivity index (χ2v) is 10.3. The minimum absolute atomic E-state index is 0.0404. The van der Waals surface area contributed by atoms with Gasteiger partial charge in [0, 0.05) is 41.8 Å². The highest BCUT2D eigenvalue weighted by molar-refractivity contribution is 8.08. The van der Waals surface area contributed by atoms with Crippen LogP contribution in [0.3, 0.4) is 0 Å². The summed E-state index contributed by atoms with van der Waals surface area (Å²) in [6.45, 7) is 1.35. The van der Waals surface area contributed by atoms with Gasteiger partial charge in [-0.25, -0.2) is 4.57 Å². The van der Waals surface area contributed by atoms with Crippen LogP contribution in [0.15, 0.2) is 52.3 Å². The van der Waals surface area contributed by atoms with E-state index >= 15 is 0 Å². The Kier molecular flexibility index (Phi) is 5.69. The van der Waals surface area contributed by atoms with E-state index in [0.29, 0.717) is 11.6 Å². The molecule has 31 heavy (non-hydrogen) atoms. The lowest BCUT2D eigenvalue weighted by Crippen LogP contribution is -2.37. The van der Waals surface area contributed by atoms with Crippen LogP contribution >= 0.6 is 34.7 Å². The minimum Gasteiger partial charge on any atom is -0.376 e. The third-order valence-electron chi connectivity index (χ3n) is 5.68. The van der Waals surface area contributed by atoms with Crippen molar-refractivity contribution in [3.63, 3.8) is 0 Å². The number of ether oxygens (including phenoxy) is 1. The number of thiazole rings is 1. The molecule has 0 bridgehead atoms. The first-order valence-corrected chi connectivity index (χ1v) is 12.3. The summed E-state index contributed by atoms with van der Waals surface area (Å²) in [6.07, 6.45) is 6.24. The van der Waals surface area contributed by atoms with E-state index in [9.17, 15) is 4.79 Å². The Hall–Kier alpha value is -2.06. The molecule has 2 aromatic heterocycles. The number of benzene rings is 1. The number of nitrogens with zero attached hydrogens (tertiary/aromatic N) is 3. The molecule has 2 aliphatic heterocycles. The van der Waals surface area contributed by atoms with Crippen molar-refractivity contribution in [2.24, 2.45) is 7.05 Å². The van der Waals surface area contributed by atoms with E-state index in [-0.39, 0.29) is 11.7 Å². The summed E-state index contributed by atoms with van der Waals surface area (Å²) in [6, 6.07) is 11.9. The van der Waals surface area contributed by atoms with E-state index in [1.165, 1.54) is 0 Å². The summed E-state index contributed by atoms with van der Waals surface area (Å²) in [5.41, 5.74) is 2.12. The molecule has 0 radical (unpaired) electrons. The van der Waals surface area contributed by atoms with Gasteiger partial charge in [-0.1, -0.05) is 23.4 Å².